The van der Waals surface area contributed by atoms with Crippen molar-refractivity contribution in [2.45, 2.75) is 0 Å². The molecule has 6 heteroatoms. The highest BCUT2D eigenvalue weighted by atomic mass is 32.1. The highest BCUT2D eigenvalue weighted by Gasteiger charge is 2.05. The molecule has 0 saturated heterocycles. The topological polar surface area (TPSA) is 75.2 Å². The van der Waals surface area contributed by atoms with E-state index in [9.17, 15) is 4.79 Å². The molecule has 0 unspecified atom stereocenters. The fraction of sp³-hybridized carbons (Fsp3) is 0.167. The second-order valence-corrected chi connectivity index (χ2v) is 2.33. The zero-order valence-electron chi connectivity index (χ0n) is 6.20. The maximum atomic E-state index is 10.5. The molecule has 0 amide bonds. The van der Waals surface area contributed by atoms with E-state index in [4.69, 9.17) is 9.84 Å². The van der Waals surface area contributed by atoms with Crippen molar-refractivity contribution in [1.82, 2.24) is 9.97 Å². The number of ether oxygens (including phenoxy) is 1. The average Bonchev–Trinajstić information content (AvgIpc) is 2.03. The number of H-pyrrole nitrogens is 1. The first-order valence-electron chi connectivity index (χ1n) is 3.02. The predicted octanol–water partition coefficient (Wildman–Crippen LogP) is 0.846. The van der Waals surface area contributed by atoms with Crippen LogP contribution in [-0.4, -0.2) is 28.2 Å². The van der Waals surface area contributed by atoms with Gasteiger partial charge in [-0.3, -0.25) is 0 Å². The zero-order valence-corrected chi connectivity index (χ0v) is 7.01. The summed E-state index contributed by atoms with van der Waals surface area (Å²) in [6.45, 7) is 0. The lowest BCUT2D eigenvalue weighted by Crippen LogP contribution is -2.02. The van der Waals surface area contributed by atoms with Gasteiger partial charge in [0.25, 0.3) is 0 Å². The van der Waals surface area contributed by atoms with Crippen molar-refractivity contribution in [1.29, 1.82) is 0 Å². The van der Waals surface area contributed by atoms with Crippen molar-refractivity contribution >= 4 is 18.2 Å². The van der Waals surface area contributed by atoms with Gasteiger partial charge in [-0.05, 0) is 12.2 Å². The Morgan fingerprint density at radius 2 is 2.50 bits per heavy atom. The summed E-state index contributed by atoms with van der Waals surface area (Å²) >= 11 is 4.66. The molecule has 12 heavy (non-hydrogen) atoms. The minimum absolute atomic E-state index is 0.0353. The largest absolute Gasteiger partial charge is 0.481 e. The van der Waals surface area contributed by atoms with Crippen molar-refractivity contribution in [3.05, 3.63) is 16.5 Å². The van der Waals surface area contributed by atoms with Crippen LogP contribution < -0.4 is 4.74 Å². The predicted molar refractivity (Wildman–Crippen MR) is 42.9 cm³/mol. The standard InChI is InChI=1S/C6H6N2O3S/c1-11-4-2-3(5(9)10)7-6(12)8-4/h2H,1H3,(H,9,10)(H,7,8,12). The number of carbonyl (C=O) groups is 1. The summed E-state index contributed by atoms with van der Waals surface area (Å²) in [7, 11) is 1.39. The first-order valence-corrected chi connectivity index (χ1v) is 3.43. The number of hydrogen-bond donors (Lipinski definition) is 2. The molecule has 0 bridgehead atoms. The number of nitrogens with zero attached hydrogens (tertiary/aromatic N) is 1. The fourth-order valence-corrected chi connectivity index (χ4v) is 0.855. The van der Waals surface area contributed by atoms with Crippen LogP contribution in [0.5, 0.6) is 5.88 Å². The second-order valence-electron chi connectivity index (χ2n) is 1.95. The van der Waals surface area contributed by atoms with Crippen LogP contribution in [0.4, 0.5) is 0 Å². The molecule has 64 valence electrons. The van der Waals surface area contributed by atoms with Gasteiger partial charge >= 0.3 is 5.97 Å². The number of carboxylic acid groups (broad SMARTS) is 1. The molecule has 0 spiro atoms. The lowest BCUT2D eigenvalue weighted by Gasteiger charge is -1.98. The molecule has 0 aliphatic heterocycles. The van der Waals surface area contributed by atoms with Gasteiger partial charge in [-0.15, -0.1) is 0 Å². The second kappa shape index (κ2) is 3.31. The molecule has 0 fully saturated rings. The number of aromatic amines is 1. The minimum atomic E-state index is -1.10. The van der Waals surface area contributed by atoms with E-state index in [-0.39, 0.29) is 16.3 Å². The normalized spacial score (nSPS) is 9.42. The molecule has 1 heterocycles. The van der Waals surface area contributed by atoms with Gasteiger partial charge in [-0.1, -0.05) is 0 Å². The Morgan fingerprint density at radius 3 is 3.00 bits per heavy atom. The van der Waals surface area contributed by atoms with Gasteiger partial charge in [-0.2, -0.15) is 4.98 Å². The number of aromatic nitrogens is 2. The molecule has 1 aromatic heterocycles. The summed E-state index contributed by atoms with van der Waals surface area (Å²) in [6, 6.07) is 1.26. The van der Waals surface area contributed by atoms with Crippen LogP contribution in [0.25, 0.3) is 0 Å². The number of methoxy groups -OCH3 is 1. The fourth-order valence-electron chi connectivity index (χ4n) is 0.655. The maximum Gasteiger partial charge on any atom is 0.352 e. The number of aromatic carboxylic acids is 1. The highest BCUT2D eigenvalue weighted by Crippen LogP contribution is 2.06. The molecular weight excluding hydrogens is 180 g/mol. The van der Waals surface area contributed by atoms with Crippen LogP contribution in [0.3, 0.4) is 0 Å². The summed E-state index contributed by atoms with van der Waals surface area (Å²) in [5.41, 5.74) is -0.0353. The molecule has 0 aliphatic carbocycles. The quantitative estimate of drug-likeness (QED) is 0.669. The molecule has 0 aromatic carbocycles. The Morgan fingerprint density at radius 1 is 1.83 bits per heavy atom. The van der Waals surface area contributed by atoms with Gasteiger partial charge in [0, 0.05) is 6.07 Å². The number of nitrogens with one attached hydrogen (secondary N) is 1. The number of carboxylic acids is 1. The van der Waals surface area contributed by atoms with E-state index in [0.29, 0.717) is 0 Å². The van der Waals surface area contributed by atoms with Crippen molar-refractivity contribution in [2.75, 3.05) is 7.11 Å². The SMILES string of the molecule is COc1cc(C(=O)O)[nH]c(=S)n1. The lowest BCUT2D eigenvalue weighted by molar-refractivity contribution is 0.0689. The average molecular weight is 186 g/mol. The Bertz CT molecular complexity index is 360. The molecular formula is C6H6N2O3S. The van der Waals surface area contributed by atoms with E-state index in [2.05, 4.69) is 22.2 Å². The molecule has 0 atom stereocenters. The van der Waals surface area contributed by atoms with Crippen molar-refractivity contribution in [2.24, 2.45) is 0 Å². The molecule has 0 radical (unpaired) electrons. The third kappa shape index (κ3) is 1.79. The Balaban J connectivity index is 3.24. The van der Waals surface area contributed by atoms with Gasteiger partial charge < -0.3 is 14.8 Å². The van der Waals surface area contributed by atoms with Gasteiger partial charge in [0.2, 0.25) is 10.7 Å². The Kier molecular flexibility index (Phi) is 2.39. The first kappa shape index (κ1) is 8.66. The third-order valence-electron chi connectivity index (χ3n) is 1.16. The van der Waals surface area contributed by atoms with Crippen LogP contribution in [0.1, 0.15) is 10.5 Å². The molecule has 1 rings (SSSR count). The lowest BCUT2D eigenvalue weighted by atomic mass is 10.4. The van der Waals surface area contributed by atoms with Crippen LogP contribution in [-0.2, 0) is 0 Å². The summed E-state index contributed by atoms with van der Waals surface area (Å²) in [6.07, 6.45) is 0. The minimum Gasteiger partial charge on any atom is -0.481 e. The molecule has 1 aromatic rings. The molecule has 5 nitrogen and oxygen atoms in total. The van der Waals surface area contributed by atoms with Crippen molar-refractivity contribution in [3.8, 4) is 5.88 Å². The van der Waals surface area contributed by atoms with E-state index in [0.717, 1.165) is 0 Å². The number of hydrogen-bond acceptors (Lipinski definition) is 4. The number of rotatable bonds is 2. The summed E-state index contributed by atoms with van der Waals surface area (Å²) in [5.74, 6) is -0.905. The Hall–Kier alpha value is -1.43. The van der Waals surface area contributed by atoms with Gasteiger partial charge in [-0.25, -0.2) is 4.79 Å². The smallest absolute Gasteiger partial charge is 0.352 e. The zero-order chi connectivity index (χ0) is 9.14. The first-order chi connectivity index (χ1) is 5.63. The van der Waals surface area contributed by atoms with Crippen LogP contribution in [0, 0.1) is 4.77 Å². The van der Waals surface area contributed by atoms with E-state index >= 15 is 0 Å². The van der Waals surface area contributed by atoms with Crippen LogP contribution in [0.2, 0.25) is 0 Å². The van der Waals surface area contributed by atoms with E-state index in [1.807, 2.05) is 0 Å². The maximum absolute atomic E-state index is 10.5. The molecule has 0 aliphatic rings. The summed E-state index contributed by atoms with van der Waals surface area (Å²) in [4.78, 5) is 16.6. The monoisotopic (exact) mass is 186 g/mol. The highest BCUT2D eigenvalue weighted by molar-refractivity contribution is 7.71. The molecule has 2 N–H and O–H groups in total. The van der Waals surface area contributed by atoms with Gasteiger partial charge in [0.15, 0.2) is 0 Å². The summed E-state index contributed by atoms with van der Waals surface area (Å²) < 4.78 is 4.81. The van der Waals surface area contributed by atoms with Crippen molar-refractivity contribution in [3.63, 3.8) is 0 Å². The van der Waals surface area contributed by atoms with Gasteiger partial charge in [0.05, 0.1) is 7.11 Å². The Labute approximate surface area is 73.0 Å². The van der Waals surface area contributed by atoms with E-state index < -0.39 is 5.97 Å². The third-order valence-corrected chi connectivity index (χ3v) is 1.35. The van der Waals surface area contributed by atoms with E-state index in [1.165, 1.54) is 13.2 Å². The van der Waals surface area contributed by atoms with Crippen LogP contribution >= 0.6 is 12.2 Å². The van der Waals surface area contributed by atoms with E-state index in [1.54, 1.807) is 0 Å². The summed E-state index contributed by atoms with van der Waals surface area (Å²) in [5, 5.41) is 8.57. The van der Waals surface area contributed by atoms with Crippen molar-refractivity contribution < 1.29 is 14.6 Å². The van der Waals surface area contributed by atoms with Crippen LogP contribution in [0.15, 0.2) is 6.07 Å². The molecule has 0 saturated carbocycles. The van der Waals surface area contributed by atoms with Gasteiger partial charge in [0.1, 0.15) is 5.69 Å².